The Morgan fingerprint density at radius 1 is 1.62 bits per heavy atom. The van der Waals surface area contributed by atoms with E-state index in [1.54, 1.807) is 6.26 Å². The van der Waals surface area contributed by atoms with E-state index in [1.807, 2.05) is 19.1 Å². The Morgan fingerprint density at radius 2 is 2.46 bits per heavy atom. The zero-order valence-electron chi connectivity index (χ0n) is 7.28. The number of nitrogens with zero attached hydrogens (tertiary/aromatic N) is 1. The van der Waals surface area contributed by atoms with Gasteiger partial charge < -0.3 is 10.2 Å². The van der Waals surface area contributed by atoms with Crippen LogP contribution in [-0.2, 0) is 6.54 Å². The molecule has 3 nitrogen and oxygen atoms in total. The van der Waals surface area contributed by atoms with Crippen molar-refractivity contribution in [3.05, 3.63) is 29.9 Å². The van der Waals surface area contributed by atoms with Crippen LogP contribution in [0.5, 0.6) is 0 Å². The van der Waals surface area contributed by atoms with Gasteiger partial charge in [-0.2, -0.15) is 4.37 Å². The average Bonchev–Trinajstić information content (AvgIpc) is 2.71. The Morgan fingerprint density at radius 3 is 3.08 bits per heavy atom. The number of hydrogen-bond donors (Lipinski definition) is 1. The van der Waals surface area contributed by atoms with E-state index in [0.29, 0.717) is 6.54 Å². The van der Waals surface area contributed by atoms with Gasteiger partial charge in [0.25, 0.3) is 0 Å². The molecule has 0 aliphatic carbocycles. The average molecular weight is 194 g/mol. The number of furan rings is 1. The molecule has 0 atom stereocenters. The zero-order valence-corrected chi connectivity index (χ0v) is 8.10. The second kappa shape index (κ2) is 3.32. The third kappa shape index (κ3) is 1.50. The van der Waals surface area contributed by atoms with Crippen LogP contribution in [0.2, 0.25) is 0 Å². The van der Waals surface area contributed by atoms with Crippen LogP contribution < -0.4 is 5.73 Å². The van der Waals surface area contributed by atoms with Crippen molar-refractivity contribution < 1.29 is 4.42 Å². The minimum atomic E-state index is 0.430. The summed E-state index contributed by atoms with van der Waals surface area (Å²) < 4.78 is 9.44. The second-order valence-electron chi connectivity index (χ2n) is 2.79. The maximum absolute atomic E-state index is 5.53. The highest BCUT2D eigenvalue weighted by atomic mass is 32.1. The first-order chi connectivity index (χ1) is 6.31. The number of aryl methyl sites for hydroxylation is 1. The molecule has 0 aliphatic rings. The molecule has 0 amide bonds. The standard InChI is InChI=1S/C9H10N2OS/c1-6-4-9(13-11-6)7-2-3-12-8(7)5-10/h2-4H,5,10H2,1H3. The van der Waals surface area contributed by atoms with E-state index < -0.39 is 0 Å². The molecule has 0 unspecified atom stereocenters. The summed E-state index contributed by atoms with van der Waals surface area (Å²) in [6.45, 7) is 2.40. The first-order valence-electron chi connectivity index (χ1n) is 4.01. The van der Waals surface area contributed by atoms with Crippen LogP contribution in [0.15, 0.2) is 22.8 Å². The van der Waals surface area contributed by atoms with Gasteiger partial charge in [0.2, 0.25) is 0 Å². The summed E-state index contributed by atoms with van der Waals surface area (Å²) in [6.07, 6.45) is 1.66. The molecule has 2 N–H and O–H groups in total. The lowest BCUT2D eigenvalue weighted by Crippen LogP contribution is -1.95. The van der Waals surface area contributed by atoms with Gasteiger partial charge in [-0.3, -0.25) is 0 Å². The third-order valence-electron chi connectivity index (χ3n) is 1.82. The van der Waals surface area contributed by atoms with Crippen molar-refractivity contribution in [2.24, 2.45) is 5.73 Å². The summed E-state index contributed by atoms with van der Waals surface area (Å²) in [5.41, 5.74) is 7.62. The molecule has 2 rings (SSSR count). The lowest BCUT2D eigenvalue weighted by molar-refractivity contribution is 0.513. The van der Waals surface area contributed by atoms with Crippen molar-refractivity contribution in [1.29, 1.82) is 0 Å². The molecule has 2 aromatic heterocycles. The smallest absolute Gasteiger partial charge is 0.125 e. The van der Waals surface area contributed by atoms with Crippen LogP contribution in [0.3, 0.4) is 0 Å². The number of hydrogen-bond acceptors (Lipinski definition) is 4. The Hall–Kier alpha value is -1.13. The highest BCUT2D eigenvalue weighted by Gasteiger charge is 2.09. The summed E-state index contributed by atoms with van der Waals surface area (Å²) in [5.74, 6) is 0.823. The first-order valence-corrected chi connectivity index (χ1v) is 4.78. The molecule has 0 bridgehead atoms. The van der Waals surface area contributed by atoms with Crippen molar-refractivity contribution >= 4 is 11.5 Å². The van der Waals surface area contributed by atoms with Gasteiger partial charge in [-0.05, 0) is 30.6 Å². The molecule has 0 saturated heterocycles. The monoisotopic (exact) mass is 194 g/mol. The van der Waals surface area contributed by atoms with E-state index in [-0.39, 0.29) is 0 Å². The van der Waals surface area contributed by atoms with Gasteiger partial charge in [-0.15, -0.1) is 0 Å². The van der Waals surface area contributed by atoms with Crippen LogP contribution in [0.25, 0.3) is 10.4 Å². The fourth-order valence-corrected chi connectivity index (χ4v) is 2.01. The van der Waals surface area contributed by atoms with E-state index in [9.17, 15) is 0 Å². The molecule has 2 heterocycles. The molecule has 0 aliphatic heterocycles. The predicted octanol–water partition coefficient (Wildman–Crippen LogP) is 2.17. The predicted molar refractivity (Wildman–Crippen MR) is 52.4 cm³/mol. The molecular formula is C9H10N2OS. The minimum Gasteiger partial charge on any atom is -0.467 e. The molecule has 0 saturated carbocycles. The molecule has 68 valence electrons. The summed E-state index contributed by atoms with van der Waals surface area (Å²) in [5, 5.41) is 0. The normalized spacial score (nSPS) is 10.6. The number of aromatic nitrogens is 1. The summed E-state index contributed by atoms with van der Waals surface area (Å²) in [6, 6.07) is 3.96. The first kappa shape index (κ1) is 8.47. The number of nitrogens with two attached hydrogens (primary N) is 1. The van der Waals surface area contributed by atoms with Crippen molar-refractivity contribution in [3.8, 4) is 10.4 Å². The zero-order chi connectivity index (χ0) is 9.26. The maximum atomic E-state index is 5.53. The largest absolute Gasteiger partial charge is 0.467 e. The van der Waals surface area contributed by atoms with Gasteiger partial charge in [0.15, 0.2) is 0 Å². The Kier molecular flexibility index (Phi) is 2.16. The lowest BCUT2D eigenvalue weighted by atomic mass is 10.2. The highest BCUT2D eigenvalue weighted by Crippen LogP contribution is 2.28. The summed E-state index contributed by atoms with van der Waals surface area (Å²) >= 11 is 1.47. The fraction of sp³-hybridized carbons (Fsp3) is 0.222. The van der Waals surface area contributed by atoms with Crippen LogP contribution in [0.1, 0.15) is 11.5 Å². The fourth-order valence-electron chi connectivity index (χ4n) is 1.21. The van der Waals surface area contributed by atoms with Crippen LogP contribution >= 0.6 is 11.5 Å². The Balaban J connectivity index is 2.45. The molecule has 0 fully saturated rings. The van der Waals surface area contributed by atoms with Gasteiger partial charge >= 0.3 is 0 Å². The topological polar surface area (TPSA) is 52.0 Å². The van der Waals surface area contributed by atoms with Gasteiger partial charge in [0.05, 0.1) is 23.4 Å². The van der Waals surface area contributed by atoms with Crippen molar-refractivity contribution in [2.75, 3.05) is 0 Å². The van der Waals surface area contributed by atoms with Crippen LogP contribution in [0, 0.1) is 6.92 Å². The van der Waals surface area contributed by atoms with Crippen molar-refractivity contribution in [2.45, 2.75) is 13.5 Å². The molecule has 4 heteroatoms. The Labute approximate surface area is 80.4 Å². The molecule has 0 radical (unpaired) electrons. The lowest BCUT2D eigenvalue weighted by Gasteiger charge is -1.93. The minimum absolute atomic E-state index is 0.430. The van der Waals surface area contributed by atoms with Crippen molar-refractivity contribution in [3.63, 3.8) is 0 Å². The van der Waals surface area contributed by atoms with E-state index in [2.05, 4.69) is 4.37 Å². The Bertz CT molecular complexity index is 405. The van der Waals surface area contributed by atoms with Crippen molar-refractivity contribution in [1.82, 2.24) is 4.37 Å². The van der Waals surface area contributed by atoms with E-state index >= 15 is 0 Å². The van der Waals surface area contributed by atoms with E-state index in [4.69, 9.17) is 10.2 Å². The molecule has 2 aromatic rings. The van der Waals surface area contributed by atoms with Gasteiger partial charge in [0.1, 0.15) is 5.76 Å². The van der Waals surface area contributed by atoms with Gasteiger partial charge in [-0.25, -0.2) is 0 Å². The maximum Gasteiger partial charge on any atom is 0.125 e. The van der Waals surface area contributed by atoms with E-state index in [0.717, 1.165) is 21.9 Å². The number of rotatable bonds is 2. The molecule has 0 spiro atoms. The van der Waals surface area contributed by atoms with Gasteiger partial charge in [-0.1, -0.05) is 0 Å². The molecule has 13 heavy (non-hydrogen) atoms. The quantitative estimate of drug-likeness (QED) is 0.797. The molecule has 0 aromatic carbocycles. The highest BCUT2D eigenvalue weighted by molar-refractivity contribution is 7.09. The molecular weight excluding hydrogens is 184 g/mol. The summed E-state index contributed by atoms with van der Waals surface area (Å²) in [7, 11) is 0. The van der Waals surface area contributed by atoms with Gasteiger partial charge in [0, 0.05) is 5.56 Å². The van der Waals surface area contributed by atoms with Crippen LogP contribution in [-0.4, -0.2) is 4.37 Å². The van der Waals surface area contributed by atoms with E-state index in [1.165, 1.54) is 11.5 Å². The summed E-state index contributed by atoms with van der Waals surface area (Å²) in [4.78, 5) is 1.12. The second-order valence-corrected chi connectivity index (χ2v) is 3.60. The SMILES string of the molecule is Cc1cc(-c2ccoc2CN)sn1. The third-order valence-corrected chi connectivity index (χ3v) is 2.74. The van der Waals surface area contributed by atoms with Crippen LogP contribution in [0.4, 0.5) is 0 Å².